The van der Waals surface area contributed by atoms with Crippen molar-refractivity contribution in [1.82, 2.24) is 5.32 Å². The number of halogens is 1. The van der Waals surface area contributed by atoms with Crippen molar-refractivity contribution in [2.24, 2.45) is 5.92 Å². The predicted octanol–water partition coefficient (Wildman–Crippen LogP) is 3.07. The molecule has 0 bridgehead atoms. The first-order chi connectivity index (χ1) is 9.11. The van der Waals surface area contributed by atoms with Gasteiger partial charge in [0, 0.05) is 22.5 Å². The first kappa shape index (κ1) is 16.5. The smallest absolute Gasteiger partial charge is 0.230 e. The lowest BCUT2D eigenvalue weighted by atomic mass is 10.1. The highest BCUT2D eigenvalue weighted by Gasteiger charge is 2.03. The summed E-state index contributed by atoms with van der Waals surface area (Å²) >= 11 is 4.91. The number of amides is 1. The van der Waals surface area contributed by atoms with Crippen LogP contribution in [0, 0.1) is 5.92 Å². The zero-order valence-corrected chi connectivity index (χ0v) is 13.5. The van der Waals surface area contributed by atoms with Crippen LogP contribution in [0.3, 0.4) is 0 Å². The SMILES string of the molecule is CC(CO)CCCNC(=O)CSc1ccc(Br)cc1. The molecule has 1 aromatic carbocycles. The van der Waals surface area contributed by atoms with Crippen molar-refractivity contribution in [3.8, 4) is 0 Å². The van der Waals surface area contributed by atoms with Crippen molar-refractivity contribution >= 4 is 33.6 Å². The van der Waals surface area contributed by atoms with Crippen molar-refractivity contribution < 1.29 is 9.90 Å². The number of thioether (sulfide) groups is 1. The number of aliphatic hydroxyl groups excluding tert-OH is 1. The highest BCUT2D eigenvalue weighted by molar-refractivity contribution is 9.10. The van der Waals surface area contributed by atoms with Crippen LogP contribution >= 0.6 is 27.7 Å². The summed E-state index contributed by atoms with van der Waals surface area (Å²) in [4.78, 5) is 12.7. The Labute approximate surface area is 127 Å². The van der Waals surface area contributed by atoms with E-state index in [4.69, 9.17) is 5.11 Å². The van der Waals surface area contributed by atoms with Gasteiger partial charge in [0.25, 0.3) is 0 Å². The molecule has 0 aliphatic heterocycles. The van der Waals surface area contributed by atoms with Crippen molar-refractivity contribution in [3.05, 3.63) is 28.7 Å². The number of hydrogen-bond acceptors (Lipinski definition) is 3. The second-order valence-electron chi connectivity index (χ2n) is 4.52. The van der Waals surface area contributed by atoms with Crippen molar-refractivity contribution in [3.63, 3.8) is 0 Å². The first-order valence-electron chi connectivity index (χ1n) is 6.37. The monoisotopic (exact) mass is 345 g/mol. The summed E-state index contributed by atoms with van der Waals surface area (Å²) in [5.74, 6) is 0.815. The summed E-state index contributed by atoms with van der Waals surface area (Å²) in [7, 11) is 0. The number of hydrogen-bond donors (Lipinski definition) is 2. The normalized spacial score (nSPS) is 12.2. The van der Waals surface area contributed by atoms with E-state index in [1.165, 1.54) is 11.8 Å². The van der Waals surface area contributed by atoms with Crippen LogP contribution in [0.4, 0.5) is 0 Å². The van der Waals surface area contributed by atoms with Crippen LogP contribution in [-0.2, 0) is 4.79 Å². The van der Waals surface area contributed by atoms with Gasteiger partial charge < -0.3 is 10.4 Å². The van der Waals surface area contributed by atoms with Gasteiger partial charge in [-0.15, -0.1) is 11.8 Å². The summed E-state index contributed by atoms with van der Waals surface area (Å²) < 4.78 is 1.04. The molecular weight excluding hydrogens is 326 g/mol. The lowest BCUT2D eigenvalue weighted by Crippen LogP contribution is -2.26. The molecule has 19 heavy (non-hydrogen) atoms. The van der Waals surface area contributed by atoms with E-state index >= 15 is 0 Å². The maximum atomic E-state index is 11.6. The summed E-state index contributed by atoms with van der Waals surface area (Å²) in [6, 6.07) is 7.92. The van der Waals surface area contributed by atoms with Crippen LogP contribution in [0.2, 0.25) is 0 Å². The first-order valence-corrected chi connectivity index (χ1v) is 8.15. The van der Waals surface area contributed by atoms with Gasteiger partial charge in [0.1, 0.15) is 0 Å². The minimum absolute atomic E-state index is 0.0598. The van der Waals surface area contributed by atoms with Gasteiger partial charge in [-0.25, -0.2) is 0 Å². The Balaban J connectivity index is 2.12. The van der Waals surface area contributed by atoms with Gasteiger partial charge in [-0.2, -0.15) is 0 Å². The van der Waals surface area contributed by atoms with E-state index in [1.54, 1.807) is 0 Å². The summed E-state index contributed by atoms with van der Waals surface area (Å²) in [5.41, 5.74) is 0. The Morgan fingerprint density at radius 1 is 1.42 bits per heavy atom. The van der Waals surface area contributed by atoms with Crippen LogP contribution in [0.1, 0.15) is 19.8 Å². The lowest BCUT2D eigenvalue weighted by molar-refractivity contribution is -0.118. The zero-order valence-electron chi connectivity index (χ0n) is 11.1. The Bertz CT molecular complexity index is 384. The van der Waals surface area contributed by atoms with E-state index in [0.717, 1.165) is 22.2 Å². The molecule has 1 amide bonds. The molecule has 106 valence electrons. The molecule has 0 aliphatic carbocycles. The number of rotatable bonds is 8. The van der Waals surface area contributed by atoms with Gasteiger partial charge in [0.05, 0.1) is 5.75 Å². The largest absolute Gasteiger partial charge is 0.396 e. The van der Waals surface area contributed by atoms with E-state index in [1.807, 2.05) is 31.2 Å². The fourth-order valence-corrected chi connectivity index (χ4v) is 2.49. The predicted molar refractivity (Wildman–Crippen MR) is 83.4 cm³/mol. The number of benzene rings is 1. The average Bonchev–Trinajstić information content (AvgIpc) is 2.42. The van der Waals surface area contributed by atoms with Crippen LogP contribution in [0.5, 0.6) is 0 Å². The van der Waals surface area contributed by atoms with Crippen molar-refractivity contribution in [2.75, 3.05) is 18.9 Å². The molecule has 1 unspecified atom stereocenters. The van der Waals surface area contributed by atoms with E-state index < -0.39 is 0 Å². The van der Waals surface area contributed by atoms with Crippen molar-refractivity contribution in [2.45, 2.75) is 24.7 Å². The molecule has 0 aliphatic rings. The average molecular weight is 346 g/mol. The minimum Gasteiger partial charge on any atom is -0.396 e. The molecule has 1 atom stereocenters. The molecule has 1 aromatic rings. The maximum absolute atomic E-state index is 11.6. The third-order valence-electron chi connectivity index (χ3n) is 2.69. The summed E-state index contributed by atoms with van der Waals surface area (Å²) in [6.07, 6.45) is 1.85. The molecule has 1 rings (SSSR count). The number of nitrogens with one attached hydrogen (secondary N) is 1. The third-order valence-corrected chi connectivity index (χ3v) is 4.23. The van der Waals surface area contributed by atoms with Gasteiger partial charge in [-0.1, -0.05) is 22.9 Å². The fourth-order valence-electron chi connectivity index (χ4n) is 1.50. The fraction of sp³-hybridized carbons (Fsp3) is 0.500. The van der Waals surface area contributed by atoms with Crippen molar-refractivity contribution in [1.29, 1.82) is 0 Å². The molecule has 0 heterocycles. The van der Waals surface area contributed by atoms with E-state index in [2.05, 4.69) is 21.2 Å². The molecule has 3 nitrogen and oxygen atoms in total. The Morgan fingerprint density at radius 3 is 2.74 bits per heavy atom. The highest BCUT2D eigenvalue weighted by Crippen LogP contribution is 2.20. The quantitative estimate of drug-likeness (QED) is 0.562. The number of carbonyl (C=O) groups excluding carboxylic acids is 1. The van der Waals surface area contributed by atoms with Gasteiger partial charge in [-0.05, 0) is 43.0 Å². The molecule has 0 saturated heterocycles. The molecule has 0 spiro atoms. The molecule has 0 saturated carbocycles. The molecule has 0 radical (unpaired) electrons. The third kappa shape index (κ3) is 7.60. The van der Waals surface area contributed by atoms with Gasteiger partial charge in [0.2, 0.25) is 5.91 Å². The van der Waals surface area contributed by atoms with Gasteiger partial charge >= 0.3 is 0 Å². The van der Waals surface area contributed by atoms with Crippen LogP contribution < -0.4 is 5.32 Å². The molecular formula is C14H20BrNO2S. The number of carbonyl (C=O) groups is 1. The Kier molecular flexibility index (Phi) is 8.18. The van der Waals surface area contributed by atoms with E-state index in [-0.39, 0.29) is 12.5 Å². The van der Waals surface area contributed by atoms with E-state index in [0.29, 0.717) is 18.2 Å². The summed E-state index contributed by atoms with van der Waals surface area (Å²) in [6.45, 7) is 2.91. The zero-order chi connectivity index (χ0) is 14.1. The van der Waals surface area contributed by atoms with Crippen LogP contribution in [-0.4, -0.2) is 29.9 Å². The summed E-state index contributed by atoms with van der Waals surface area (Å²) in [5, 5.41) is 11.8. The lowest BCUT2D eigenvalue weighted by Gasteiger charge is -2.08. The molecule has 2 N–H and O–H groups in total. The Hall–Kier alpha value is -0.520. The Morgan fingerprint density at radius 2 is 2.11 bits per heavy atom. The number of aliphatic hydroxyl groups is 1. The van der Waals surface area contributed by atoms with Crippen LogP contribution in [0.25, 0.3) is 0 Å². The second-order valence-corrected chi connectivity index (χ2v) is 6.49. The van der Waals surface area contributed by atoms with Crippen LogP contribution in [0.15, 0.2) is 33.6 Å². The standard InChI is InChI=1S/C14H20BrNO2S/c1-11(9-17)3-2-8-16-14(18)10-19-13-6-4-12(15)5-7-13/h4-7,11,17H,2-3,8-10H2,1H3,(H,16,18). The molecule has 5 heteroatoms. The molecule has 0 aromatic heterocycles. The maximum Gasteiger partial charge on any atom is 0.230 e. The molecule has 0 fully saturated rings. The highest BCUT2D eigenvalue weighted by atomic mass is 79.9. The minimum atomic E-state index is 0.0598. The van der Waals surface area contributed by atoms with Gasteiger partial charge in [-0.3, -0.25) is 4.79 Å². The van der Waals surface area contributed by atoms with Gasteiger partial charge in [0.15, 0.2) is 0 Å². The van der Waals surface area contributed by atoms with E-state index in [9.17, 15) is 4.79 Å². The topological polar surface area (TPSA) is 49.3 Å². The second kappa shape index (κ2) is 9.39.